The maximum atomic E-state index is 10.9. The lowest BCUT2D eigenvalue weighted by Crippen LogP contribution is -2.28. The van der Waals surface area contributed by atoms with Crippen molar-refractivity contribution in [2.45, 2.75) is 24.7 Å². The van der Waals surface area contributed by atoms with Crippen molar-refractivity contribution in [3.8, 4) is 0 Å². The molecule has 3 rings (SSSR count). The molecule has 92 valence electrons. The van der Waals surface area contributed by atoms with Gasteiger partial charge in [0.15, 0.2) is 0 Å². The molecule has 1 amide bonds. The summed E-state index contributed by atoms with van der Waals surface area (Å²) in [4.78, 5) is 10.9. The predicted octanol–water partition coefficient (Wildman–Crippen LogP) is 1.31. The van der Waals surface area contributed by atoms with E-state index in [9.17, 15) is 4.79 Å². The summed E-state index contributed by atoms with van der Waals surface area (Å²) in [5.41, 5.74) is 9.19. The molecule has 2 atom stereocenters. The largest absolute Gasteiger partial charge is 0.369 e. The first-order chi connectivity index (χ1) is 7.74. The van der Waals surface area contributed by atoms with Crippen molar-refractivity contribution in [1.82, 2.24) is 5.32 Å². The van der Waals surface area contributed by atoms with Crippen molar-refractivity contribution in [2.75, 3.05) is 13.1 Å². The average molecular weight is 253 g/mol. The van der Waals surface area contributed by atoms with Crippen LogP contribution in [-0.2, 0) is 11.2 Å². The first kappa shape index (κ1) is 12.4. The Morgan fingerprint density at radius 2 is 2.00 bits per heavy atom. The van der Waals surface area contributed by atoms with Gasteiger partial charge in [-0.25, -0.2) is 0 Å². The third-order valence-corrected chi connectivity index (χ3v) is 3.76. The van der Waals surface area contributed by atoms with E-state index < -0.39 is 0 Å². The normalized spacial score (nSPS) is 24.9. The number of carbonyl (C=O) groups excluding carboxylic acids is 1. The Bertz CT molecular complexity index is 447. The van der Waals surface area contributed by atoms with Crippen molar-refractivity contribution in [3.63, 3.8) is 0 Å². The number of hydrogen-bond acceptors (Lipinski definition) is 2. The summed E-state index contributed by atoms with van der Waals surface area (Å²) in [7, 11) is 0. The van der Waals surface area contributed by atoms with Crippen LogP contribution in [0.25, 0.3) is 0 Å². The van der Waals surface area contributed by atoms with Crippen LogP contribution in [0, 0.1) is 0 Å². The van der Waals surface area contributed by atoms with Gasteiger partial charge >= 0.3 is 0 Å². The molecule has 1 fully saturated rings. The highest BCUT2D eigenvalue weighted by Gasteiger charge is 2.33. The van der Waals surface area contributed by atoms with E-state index in [0.29, 0.717) is 18.3 Å². The Kier molecular flexibility index (Phi) is 3.40. The molecule has 4 heteroatoms. The zero-order valence-corrected chi connectivity index (χ0v) is 10.4. The minimum absolute atomic E-state index is 0. The number of halogens is 1. The number of amides is 1. The molecule has 2 unspecified atom stereocenters. The Hall–Kier alpha value is -1.06. The van der Waals surface area contributed by atoms with Crippen molar-refractivity contribution < 1.29 is 4.79 Å². The molecular weight excluding hydrogens is 236 g/mol. The fourth-order valence-corrected chi connectivity index (χ4v) is 3.08. The Morgan fingerprint density at radius 1 is 1.29 bits per heavy atom. The predicted molar refractivity (Wildman–Crippen MR) is 69.6 cm³/mol. The molecule has 3 nitrogen and oxygen atoms in total. The van der Waals surface area contributed by atoms with Gasteiger partial charge in [-0.1, -0.05) is 18.2 Å². The molecule has 1 aromatic carbocycles. The van der Waals surface area contributed by atoms with Crippen LogP contribution in [0.5, 0.6) is 0 Å². The lowest BCUT2D eigenvalue weighted by atomic mass is 9.97. The maximum Gasteiger partial charge on any atom is 0.221 e. The van der Waals surface area contributed by atoms with Gasteiger partial charge in [-0.15, -0.1) is 12.4 Å². The molecule has 0 radical (unpaired) electrons. The zero-order valence-electron chi connectivity index (χ0n) is 9.61. The first-order valence-corrected chi connectivity index (χ1v) is 5.86. The third kappa shape index (κ3) is 2.17. The molecule has 0 saturated carbocycles. The van der Waals surface area contributed by atoms with Crippen molar-refractivity contribution in [1.29, 1.82) is 0 Å². The van der Waals surface area contributed by atoms with Crippen molar-refractivity contribution >= 4 is 18.3 Å². The van der Waals surface area contributed by atoms with Crippen LogP contribution in [0.1, 0.15) is 34.9 Å². The van der Waals surface area contributed by atoms with Gasteiger partial charge < -0.3 is 11.1 Å². The maximum absolute atomic E-state index is 10.9. The summed E-state index contributed by atoms with van der Waals surface area (Å²) in [5.74, 6) is 1.07. The number of carbonyl (C=O) groups is 1. The molecule has 1 aliphatic heterocycles. The fourth-order valence-electron chi connectivity index (χ4n) is 3.08. The van der Waals surface area contributed by atoms with E-state index in [2.05, 4.69) is 17.4 Å². The van der Waals surface area contributed by atoms with Crippen LogP contribution < -0.4 is 11.1 Å². The summed E-state index contributed by atoms with van der Waals surface area (Å²) in [6, 6.07) is 6.41. The van der Waals surface area contributed by atoms with Gasteiger partial charge in [-0.05, 0) is 34.9 Å². The Morgan fingerprint density at radius 3 is 2.71 bits per heavy atom. The SMILES string of the molecule is Cl.NC(=O)Cc1ccc2c(c1)C1CNCC2C1. The highest BCUT2D eigenvalue weighted by molar-refractivity contribution is 5.85. The summed E-state index contributed by atoms with van der Waals surface area (Å²) >= 11 is 0. The zero-order chi connectivity index (χ0) is 11.1. The number of nitrogens with two attached hydrogens (primary N) is 1. The minimum Gasteiger partial charge on any atom is -0.369 e. The standard InChI is InChI=1S/C13H16N2O.ClH/c14-13(16)4-8-1-2-11-9-5-10(7-15-6-9)12(11)3-8;/h1-3,9-10,15H,4-7H2,(H2,14,16);1H. The lowest BCUT2D eigenvalue weighted by Gasteiger charge is -2.19. The smallest absolute Gasteiger partial charge is 0.221 e. The quantitative estimate of drug-likeness (QED) is 0.834. The van der Waals surface area contributed by atoms with E-state index in [4.69, 9.17) is 5.73 Å². The van der Waals surface area contributed by atoms with Crippen LogP contribution >= 0.6 is 12.4 Å². The topological polar surface area (TPSA) is 55.1 Å². The molecule has 17 heavy (non-hydrogen) atoms. The van der Waals surface area contributed by atoms with E-state index in [1.165, 1.54) is 17.5 Å². The molecule has 2 aliphatic rings. The van der Waals surface area contributed by atoms with E-state index in [0.717, 1.165) is 18.7 Å². The Balaban J connectivity index is 0.00000108. The van der Waals surface area contributed by atoms with Gasteiger partial charge in [0.2, 0.25) is 5.91 Å². The number of fused-ring (bicyclic) bond motifs is 5. The van der Waals surface area contributed by atoms with Crippen LogP contribution in [0.2, 0.25) is 0 Å². The number of hydrogen-bond donors (Lipinski definition) is 2. The van der Waals surface area contributed by atoms with Gasteiger partial charge in [0, 0.05) is 13.1 Å². The highest BCUT2D eigenvalue weighted by Crippen LogP contribution is 2.43. The van der Waals surface area contributed by atoms with Gasteiger partial charge in [-0.3, -0.25) is 4.79 Å². The van der Waals surface area contributed by atoms with Crippen LogP contribution in [0.4, 0.5) is 0 Å². The number of nitrogens with one attached hydrogen (secondary N) is 1. The van der Waals surface area contributed by atoms with Gasteiger partial charge in [-0.2, -0.15) is 0 Å². The number of benzene rings is 1. The molecule has 1 aliphatic carbocycles. The van der Waals surface area contributed by atoms with E-state index >= 15 is 0 Å². The molecule has 2 bridgehead atoms. The Labute approximate surface area is 107 Å². The lowest BCUT2D eigenvalue weighted by molar-refractivity contribution is -0.117. The molecule has 3 N–H and O–H groups in total. The summed E-state index contributed by atoms with van der Waals surface area (Å²) in [6.45, 7) is 2.17. The third-order valence-electron chi connectivity index (χ3n) is 3.76. The number of rotatable bonds is 2. The molecular formula is C13H17ClN2O. The second kappa shape index (κ2) is 4.67. The van der Waals surface area contributed by atoms with Gasteiger partial charge in [0.25, 0.3) is 0 Å². The molecule has 1 saturated heterocycles. The second-order valence-corrected chi connectivity index (χ2v) is 4.89. The van der Waals surface area contributed by atoms with Crippen LogP contribution in [-0.4, -0.2) is 19.0 Å². The van der Waals surface area contributed by atoms with Crippen LogP contribution in [0.15, 0.2) is 18.2 Å². The van der Waals surface area contributed by atoms with Crippen molar-refractivity contribution in [3.05, 3.63) is 34.9 Å². The van der Waals surface area contributed by atoms with E-state index in [-0.39, 0.29) is 18.3 Å². The van der Waals surface area contributed by atoms with Crippen molar-refractivity contribution in [2.24, 2.45) is 5.73 Å². The second-order valence-electron chi connectivity index (χ2n) is 4.89. The average Bonchev–Trinajstić information content (AvgIpc) is 2.50. The van der Waals surface area contributed by atoms with E-state index in [1.807, 2.05) is 6.07 Å². The summed E-state index contributed by atoms with van der Waals surface area (Å²) < 4.78 is 0. The molecule has 0 aromatic heterocycles. The fraction of sp³-hybridized carbons (Fsp3) is 0.462. The molecule has 0 spiro atoms. The molecule has 1 aromatic rings. The summed E-state index contributed by atoms with van der Waals surface area (Å²) in [6.07, 6.45) is 1.63. The summed E-state index contributed by atoms with van der Waals surface area (Å²) in [5, 5.41) is 3.46. The van der Waals surface area contributed by atoms with Gasteiger partial charge in [0.05, 0.1) is 6.42 Å². The van der Waals surface area contributed by atoms with Gasteiger partial charge in [0.1, 0.15) is 0 Å². The minimum atomic E-state index is -0.251. The highest BCUT2D eigenvalue weighted by atomic mass is 35.5. The first-order valence-electron chi connectivity index (χ1n) is 5.86. The number of primary amides is 1. The molecule has 1 heterocycles. The monoisotopic (exact) mass is 252 g/mol. The van der Waals surface area contributed by atoms with E-state index in [1.54, 1.807) is 0 Å². The van der Waals surface area contributed by atoms with Crippen LogP contribution in [0.3, 0.4) is 0 Å². The number of piperidine rings is 1.